The molecule has 21 heavy (non-hydrogen) atoms. The van der Waals surface area contributed by atoms with Crippen LogP contribution in [0.3, 0.4) is 0 Å². The Morgan fingerprint density at radius 3 is 2.86 bits per heavy atom. The molecule has 7 heteroatoms. The third-order valence-corrected chi connectivity index (χ3v) is 5.59. The van der Waals surface area contributed by atoms with Crippen LogP contribution >= 0.6 is 0 Å². The monoisotopic (exact) mass is 309 g/mol. The molecular formula is C14H19N3O3S. The normalized spacial score (nSPS) is 25.5. The maximum atomic E-state index is 12.4. The molecule has 0 aromatic heterocycles. The van der Waals surface area contributed by atoms with Gasteiger partial charge in [0.25, 0.3) is 0 Å². The second-order valence-electron chi connectivity index (χ2n) is 5.62. The molecule has 1 saturated heterocycles. The van der Waals surface area contributed by atoms with Crippen LogP contribution in [0, 0.1) is 0 Å². The van der Waals surface area contributed by atoms with E-state index in [0.717, 1.165) is 24.9 Å². The summed E-state index contributed by atoms with van der Waals surface area (Å²) in [5.41, 5.74) is 1.44. The predicted molar refractivity (Wildman–Crippen MR) is 79.7 cm³/mol. The van der Waals surface area contributed by atoms with E-state index in [1.807, 2.05) is 0 Å². The van der Waals surface area contributed by atoms with E-state index in [2.05, 4.69) is 15.4 Å². The van der Waals surface area contributed by atoms with Crippen molar-refractivity contribution < 1.29 is 13.2 Å². The first-order valence-corrected chi connectivity index (χ1v) is 8.63. The van der Waals surface area contributed by atoms with Crippen LogP contribution < -0.4 is 15.4 Å². The van der Waals surface area contributed by atoms with E-state index in [4.69, 9.17) is 0 Å². The molecular weight excluding hydrogens is 290 g/mol. The SMILES string of the molecule is CC1C(=O)Nc2ccc(S(=O)(=O)NC3CCCNC3)cc21. The van der Waals surface area contributed by atoms with Crippen molar-refractivity contribution in [2.24, 2.45) is 0 Å². The lowest BCUT2D eigenvalue weighted by atomic mass is 10.0. The molecule has 1 amide bonds. The molecule has 2 atom stereocenters. The van der Waals surface area contributed by atoms with Gasteiger partial charge in [-0.25, -0.2) is 13.1 Å². The number of amides is 1. The minimum atomic E-state index is -3.55. The van der Waals surface area contributed by atoms with Crippen molar-refractivity contribution in [2.45, 2.75) is 36.6 Å². The Hall–Kier alpha value is -1.44. The van der Waals surface area contributed by atoms with Gasteiger partial charge < -0.3 is 10.6 Å². The van der Waals surface area contributed by atoms with Gasteiger partial charge in [-0.3, -0.25) is 4.79 Å². The highest BCUT2D eigenvalue weighted by molar-refractivity contribution is 7.89. The van der Waals surface area contributed by atoms with Gasteiger partial charge in [0.2, 0.25) is 15.9 Å². The van der Waals surface area contributed by atoms with E-state index in [1.165, 1.54) is 6.07 Å². The van der Waals surface area contributed by atoms with Gasteiger partial charge in [0.05, 0.1) is 10.8 Å². The van der Waals surface area contributed by atoms with Crippen molar-refractivity contribution in [1.29, 1.82) is 0 Å². The van der Waals surface area contributed by atoms with Crippen molar-refractivity contribution >= 4 is 21.6 Å². The first-order chi connectivity index (χ1) is 9.97. The van der Waals surface area contributed by atoms with Gasteiger partial charge in [-0.2, -0.15) is 0 Å². The predicted octanol–water partition coefficient (Wildman–Crippen LogP) is 0.772. The Balaban J connectivity index is 1.84. The van der Waals surface area contributed by atoms with E-state index in [1.54, 1.807) is 19.1 Å². The van der Waals surface area contributed by atoms with Gasteiger partial charge >= 0.3 is 0 Å². The number of hydrogen-bond acceptors (Lipinski definition) is 4. The second-order valence-corrected chi connectivity index (χ2v) is 7.34. The molecule has 3 N–H and O–H groups in total. The summed E-state index contributed by atoms with van der Waals surface area (Å²) in [6.45, 7) is 3.36. The topological polar surface area (TPSA) is 87.3 Å². The Morgan fingerprint density at radius 2 is 2.14 bits per heavy atom. The number of piperidine rings is 1. The van der Waals surface area contributed by atoms with E-state index in [-0.39, 0.29) is 22.8 Å². The minimum absolute atomic E-state index is 0.0748. The fourth-order valence-electron chi connectivity index (χ4n) is 2.80. The molecule has 0 bridgehead atoms. The quantitative estimate of drug-likeness (QED) is 0.770. The van der Waals surface area contributed by atoms with Crippen LogP contribution in [0.2, 0.25) is 0 Å². The molecule has 114 valence electrons. The lowest BCUT2D eigenvalue weighted by molar-refractivity contribution is -0.116. The largest absolute Gasteiger partial charge is 0.325 e. The van der Waals surface area contributed by atoms with Gasteiger partial charge in [0.1, 0.15) is 0 Å². The number of benzene rings is 1. The zero-order chi connectivity index (χ0) is 15.0. The summed E-state index contributed by atoms with van der Waals surface area (Å²) in [5, 5.41) is 5.92. The average molecular weight is 309 g/mol. The summed E-state index contributed by atoms with van der Waals surface area (Å²) in [6, 6.07) is 4.71. The van der Waals surface area contributed by atoms with Crippen LogP contribution in [0.4, 0.5) is 5.69 Å². The number of anilines is 1. The van der Waals surface area contributed by atoms with Gasteiger partial charge in [-0.1, -0.05) is 0 Å². The minimum Gasteiger partial charge on any atom is -0.325 e. The van der Waals surface area contributed by atoms with Gasteiger partial charge in [-0.05, 0) is 50.1 Å². The number of sulfonamides is 1. The number of nitrogens with one attached hydrogen (secondary N) is 3. The molecule has 0 spiro atoms. The van der Waals surface area contributed by atoms with Crippen molar-refractivity contribution in [2.75, 3.05) is 18.4 Å². The number of carbonyl (C=O) groups is 1. The molecule has 1 aromatic carbocycles. The Bertz CT molecular complexity index is 666. The highest BCUT2D eigenvalue weighted by Crippen LogP contribution is 2.33. The molecule has 6 nitrogen and oxygen atoms in total. The zero-order valence-corrected chi connectivity index (χ0v) is 12.7. The van der Waals surface area contributed by atoms with Crippen LogP contribution in [0.25, 0.3) is 0 Å². The molecule has 3 rings (SSSR count). The van der Waals surface area contributed by atoms with Crippen LogP contribution in [0.5, 0.6) is 0 Å². The maximum Gasteiger partial charge on any atom is 0.240 e. The van der Waals surface area contributed by atoms with Crippen LogP contribution in [-0.4, -0.2) is 33.5 Å². The van der Waals surface area contributed by atoms with E-state index in [9.17, 15) is 13.2 Å². The molecule has 0 saturated carbocycles. The fourth-order valence-corrected chi connectivity index (χ4v) is 4.11. The Kier molecular flexibility index (Phi) is 3.73. The van der Waals surface area contributed by atoms with Gasteiger partial charge in [0.15, 0.2) is 0 Å². The smallest absolute Gasteiger partial charge is 0.240 e. The summed E-state index contributed by atoms with van der Waals surface area (Å²) in [5.74, 6) is -0.407. The highest BCUT2D eigenvalue weighted by atomic mass is 32.2. The lowest BCUT2D eigenvalue weighted by Crippen LogP contribution is -2.45. The highest BCUT2D eigenvalue weighted by Gasteiger charge is 2.29. The second kappa shape index (κ2) is 5.40. The zero-order valence-electron chi connectivity index (χ0n) is 11.8. The van der Waals surface area contributed by atoms with Gasteiger partial charge in [0, 0.05) is 18.3 Å². The van der Waals surface area contributed by atoms with Crippen LogP contribution in [-0.2, 0) is 14.8 Å². The fraction of sp³-hybridized carbons (Fsp3) is 0.500. The summed E-state index contributed by atoms with van der Waals surface area (Å²) >= 11 is 0. The number of hydrogen-bond donors (Lipinski definition) is 3. The third-order valence-electron chi connectivity index (χ3n) is 4.07. The maximum absolute atomic E-state index is 12.4. The van der Waals surface area contributed by atoms with Gasteiger partial charge in [-0.15, -0.1) is 0 Å². The van der Waals surface area contributed by atoms with Crippen molar-refractivity contribution in [3.63, 3.8) is 0 Å². The van der Waals surface area contributed by atoms with Crippen molar-refractivity contribution in [3.05, 3.63) is 23.8 Å². The molecule has 1 fully saturated rings. The molecule has 2 aliphatic heterocycles. The van der Waals surface area contributed by atoms with Crippen molar-refractivity contribution in [1.82, 2.24) is 10.0 Å². The average Bonchev–Trinajstić information content (AvgIpc) is 2.74. The Labute approximate surface area is 124 Å². The Morgan fingerprint density at radius 1 is 1.33 bits per heavy atom. The molecule has 2 unspecified atom stereocenters. The molecule has 1 aromatic rings. The molecule has 0 aliphatic carbocycles. The van der Waals surface area contributed by atoms with Crippen LogP contribution in [0.15, 0.2) is 23.1 Å². The molecule has 2 aliphatic rings. The first kappa shape index (κ1) is 14.5. The summed E-state index contributed by atoms with van der Waals surface area (Å²) in [6.07, 6.45) is 1.81. The molecule has 0 radical (unpaired) electrons. The lowest BCUT2D eigenvalue weighted by Gasteiger charge is -2.23. The van der Waals surface area contributed by atoms with E-state index >= 15 is 0 Å². The van der Waals surface area contributed by atoms with Crippen molar-refractivity contribution in [3.8, 4) is 0 Å². The van der Waals surface area contributed by atoms with E-state index < -0.39 is 10.0 Å². The first-order valence-electron chi connectivity index (χ1n) is 7.15. The summed E-state index contributed by atoms with van der Waals surface area (Å²) in [7, 11) is -3.55. The summed E-state index contributed by atoms with van der Waals surface area (Å²) in [4.78, 5) is 11.8. The molecule has 2 heterocycles. The number of carbonyl (C=O) groups excluding carboxylic acids is 1. The third kappa shape index (κ3) is 2.81. The summed E-state index contributed by atoms with van der Waals surface area (Å²) < 4.78 is 27.6. The van der Waals surface area contributed by atoms with E-state index in [0.29, 0.717) is 12.2 Å². The number of fused-ring (bicyclic) bond motifs is 1. The number of rotatable bonds is 3. The standard InChI is InChI=1S/C14H19N3O3S/c1-9-12-7-11(4-5-13(12)16-14(9)18)21(19,20)17-10-3-2-6-15-8-10/h4-5,7,9-10,15,17H,2-3,6,8H2,1H3,(H,16,18). The van der Waals surface area contributed by atoms with Crippen LogP contribution in [0.1, 0.15) is 31.2 Å².